The van der Waals surface area contributed by atoms with E-state index in [1.165, 1.54) is 14.2 Å². The van der Waals surface area contributed by atoms with Crippen molar-refractivity contribution >= 4 is 5.91 Å². The molecule has 1 amide bonds. The molecule has 3 N–H and O–H groups in total. The maximum atomic E-state index is 12.2. The summed E-state index contributed by atoms with van der Waals surface area (Å²) in [6.07, 6.45) is -1.84. The summed E-state index contributed by atoms with van der Waals surface area (Å²) in [5.74, 6) is 0.314. The molecule has 122 valence electrons. The van der Waals surface area contributed by atoms with Crippen LogP contribution in [0, 0.1) is 5.92 Å². The summed E-state index contributed by atoms with van der Waals surface area (Å²) in [6.45, 7) is 0.600. The number of aliphatic hydroxyl groups is 2. The van der Waals surface area contributed by atoms with E-state index in [-0.39, 0.29) is 31.6 Å². The topological polar surface area (TPSA) is 97.3 Å². The Hall–Kier alpha value is -1.83. The molecule has 7 heteroatoms. The van der Waals surface area contributed by atoms with E-state index in [9.17, 15) is 15.0 Å². The van der Waals surface area contributed by atoms with E-state index in [0.717, 1.165) is 0 Å². The molecule has 0 bridgehead atoms. The highest BCUT2D eigenvalue weighted by atomic mass is 16.5. The molecule has 0 unspecified atom stereocenters. The average molecular weight is 311 g/mol. The highest BCUT2D eigenvalue weighted by Gasteiger charge is 2.31. The molecule has 1 saturated heterocycles. The molecule has 0 aliphatic carbocycles. The van der Waals surface area contributed by atoms with E-state index in [1.807, 2.05) is 0 Å². The van der Waals surface area contributed by atoms with E-state index < -0.39 is 12.2 Å². The molecule has 2 rings (SSSR count). The van der Waals surface area contributed by atoms with Crippen molar-refractivity contribution in [3.63, 3.8) is 0 Å². The van der Waals surface area contributed by atoms with Gasteiger partial charge < -0.3 is 29.7 Å². The second-order valence-corrected chi connectivity index (χ2v) is 5.13. The van der Waals surface area contributed by atoms with Crippen molar-refractivity contribution < 1.29 is 29.2 Å². The van der Waals surface area contributed by atoms with Crippen LogP contribution in [-0.4, -0.2) is 62.3 Å². The number of hydrogen-bond acceptors (Lipinski definition) is 6. The lowest BCUT2D eigenvalue weighted by Gasteiger charge is -2.31. The van der Waals surface area contributed by atoms with Gasteiger partial charge in [0.2, 0.25) is 0 Å². The summed E-state index contributed by atoms with van der Waals surface area (Å²) in [4.78, 5) is 12.2. The van der Waals surface area contributed by atoms with E-state index in [4.69, 9.17) is 14.2 Å². The largest absolute Gasteiger partial charge is 0.497 e. The smallest absolute Gasteiger partial charge is 0.255 e. The van der Waals surface area contributed by atoms with Crippen molar-refractivity contribution in [2.45, 2.75) is 12.2 Å². The Labute approximate surface area is 128 Å². The number of methoxy groups -OCH3 is 2. The van der Waals surface area contributed by atoms with Crippen LogP contribution in [-0.2, 0) is 4.74 Å². The second-order valence-electron chi connectivity index (χ2n) is 5.13. The maximum absolute atomic E-state index is 12.2. The van der Waals surface area contributed by atoms with Gasteiger partial charge in [-0.05, 0) is 12.1 Å². The molecule has 1 aromatic rings. The van der Waals surface area contributed by atoms with Gasteiger partial charge in [-0.1, -0.05) is 0 Å². The summed E-state index contributed by atoms with van der Waals surface area (Å²) in [5, 5.41) is 22.1. The zero-order valence-corrected chi connectivity index (χ0v) is 12.6. The minimum atomic E-state index is -0.925. The van der Waals surface area contributed by atoms with Gasteiger partial charge in [0.15, 0.2) is 0 Å². The van der Waals surface area contributed by atoms with Crippen LogP contribution in [0.15, 0.2) is 18.2 Å². The van der Waals surface area contributed by atoms with Gasteiger partial charge in [-0.2, -0.15) is 0 Å². The quantitative estimate of drug-likeness (QED) is 0.697. The third-order valence-corrected chi connectivity index (χ3v) is 3.68. The first-order valence-corrected chi connectivity index (χ1v) is 7.01. The fraction of sp³-hybridized carbons (Fsp3) is 0.533. The molecule has 0 spiro atoms. The number of aliphatic hydroxyl groups excluding tert-OH is 2. The monoisotopic (exact) mass is 311 g/mol. The normalized spacial score (nSPS) is 24.6. The molecule has 0 saturated carbocycles. The van der Waals surface area contributed by atoms with Crippen LogP contribution in [0.4, 0.5) is 0 Å². The fourth-order valence-corrected chi connectivity index (χ4v) is 2.34. The molecule has 1 fully saturated rings. The minimum Gasteiger partial charge on any atom is -0.497 e. The van der Waals surface area contributed by atoms with Gasteiger partial charge in [0, 0.05) is 18.5 Å². The average Bonchev–Trinajstić information content (AvgIpc) is 2.55. The molecule has 1 aliphatic heterocycles. The first-order valence-electron chi connectivity index (χ1n) is 7.01. The number of benzene rings is 1. The number of rotatable bonds is 5. The van der Waals surface area contributed by atoms with Crippen molar-refractivity contribution in [2.75, 3.05) is 34.0 Å². The zero-order valence-electron chi connectivity index (χ0n) is 12.6. The molecule has 7 nitrogen and oxygen atoms in total. The highest BCUT2D eigenvalue weighted by molar-refractivity contribution is 5.97. The number of amides is 1. The SMILES string of the molecule is COc1ccc(C(=O)NC[C@@H]2COC[C@@H](O)[C@H]2O)c(OC)c1. The van der Waals surface area contributed by atoms with Crippen LogP contribution in [0.2, 0.25) is 0 Å². The van der Waals surface area contributed by atoms with Crippen LogP contribution < -0.4 is 14.8 Å². The maximum Gasteiger partial charge on any atom is 0.255 e. The molecule has 0 aromatic heterocycles. The Morgan fingerprint density at radius 1 is 1.32 bits per heavy atom. The molecule has 0 radical (unpaired) electrons. The predicted octanol–water partition coefficient (Wildman–Crippen LogP) is -0.198. The third-order valence-electron chi connectivity index (χ3n) is 3.68. The van der Waals surface area contributed by atoms with Gasteiger partial charge >= 0.3 is 0 Å². The molecular formula is C15H21NO6. The van der Waals surface area contributed by atoms with E-state index in [1.54, 1.807) is 18.2 Å². The van der Waals surface area contributed by atoms with Crippen molar-refractivity contribution in [1.82, 2.24) is 5.32 Å². The van der Waals surface area contributed by atoms with Gasteiger partial charge in [0.25, 0.3) is 5.91 Å². The molecule has 1 aromatic carbocycles. The Bertz CT molecular complexity index is 521. The van der Waals surface area contributed by atoms with Crippen LogP contribution in [0.3, 0.4) is 0 Å². The van der Waals surface area contributed by atoms with Crippen molar-refractivity contribution in [3.8, 4) is 11.5 Å². The Balaban J connectivity index is 2.00. The van der Waals surface area contributed by atoms with Crippen molar-refractivity contribution in [2.24, 2.45) is 5.92 Å². The summed E-state index contributed by atoms with van der Waals surface area (Å²) in [6, 6.07) is 4.90. The van der Waals surface area contributed by atoms with Gasteiger partial charge in [0.1, 0.15) is 17.6 Å². The Morgan fingerprint density at radius 3 is 2.77 bits per heavy atom. The third kappa shape index (κ3) is 3.68. The van der Waals surface area contributed by atoms with E-state index in [0.29, 0.717) is 17.1 Å². The number of carbonyl (C=O) groups is 1. The lowest BCUT2D eigenvalue weighted by molar-refractivity contribution is -0.118. The van der Waals surface area contributed by atoms with Crippen LogP contribution in [0.25, 0.3) is 0 Å². The standard InChI is InChI=1S/C15H21NO6/c1-20-10-3-4-11(13(5-10)21-2)15(19)16-6-9-7-22-8-12(17)14(9)18/h3-5,9,12,14,17-18H,6-8H2,1-2H3,(H,16,19)/t9-,12-,14+/m1/s1. The lowest BCUT2D eigenvalue weighted by atomic mass is 9.96. The van der Waals surface area contributed by atoms with Crippen LogP contribution in [0.5, 0.6) is 11.5 Å². The molecule has 1 heterocycles. The molecule has 22 heavy (non-hydrogen) atoms. The first kappa shape index (κ1) is 16.5. The van der Waals surface area contributed by atoms with Gasteiger partial charge in [-0.3, -0.25) is 4.79 Å². The predicted molar refractivity (Wildman–Crippen MR) is 78.2 cm³/mol. The Kier molecular flexibility index (Phi) is 5.59. The molecule has 3 atom stereocenters. The fourth-order valence-electron chi connectivity index (χ4n) is 2.34. The summed E-state index contributed by atoms with van der Waals surface area (Å²) in [5.41, 5.74) is 0.370. The highest BCUT2D eigenvalue weighted by Crippen LogP contribution is 2.24. The van der Waals surface area contributed by atoms with E-state index >= 15 is 0 Å². The summed E-state index contributed by atoms with van der Waals surface area (Å²) >= 11 is 0. The van der Waals surface area contributed by atoms with E-state index in [2.05, 4.69) is 5.32 Å². The van der Waals surface area contributed by atoms with Gasteiger partial charge in [0.05, 0.1) is 39.1 Å². The molecule has 1 aliphatic rings. The number of hydrogen-bond donors (Lipinski definition) is 3. The number of carbonyl (C=O) groups excluding carboxylic acids is 1. The van der Waals surface area contributed by atoms with Gasteiger partial charge in [-0.25, -0.2) is 0 Å². The first-order chi connectivity index (χ1) is 10.6. The number of nitrogens with one attached hydrogen (secondary N) is 1. The Morgan fingerprint density at radius 2 is 2.09 bits per heavy atom. The number of ether oxygens (including phenoxy) is 3. The summed E-state index contributed by atoms with van der Waals surface area (Å²) < 4.78 is 15.4. The minimum absolute atomic E-state index is 0.109. The zero-order chi connectivity index (χ0) is 16.1. The van der Waals surface area contributed by atoms with Crippen molar-refractivity contribution in [3.05, 3.63) is 23.8 Å². The van der Waals surface area contributed by atoms with Gasteiger partial charge in [-0.15, -0.1) is 0 Å². The molecular weight excluding hydrogens is 290 g/mol. The van der Waals surface area contributed by atoms with Crippen LogP contribution >= 0.6 is 0 Å². The lowest BCUT2D eigenvalue weighted by Crippen LogP contribution is -2.48. The second kappa shape index (κ2) is 7.44. The van der Waals surface area contributed by atoms with Crippen molar-refractivity contribution in [1.29, 1.82) is 0 Å². The van der Waals surface area contributed by atoms with Crippen LogP contribution in [0.1, 0.15) is 10.4 Å². The summed E-state index contributed by atoms with van der Waals surface area (Å²) in [7, 11) is 3.00.